The summed E-state index contributed by atoms with van der Waals surface area (Å²) in [4.78, 5) is 16.2. The maximum absolute atomic E-state index is 13.1. The minimum absolute atomic E-state index is 0.0875. The molecule has 7 nitrogen and oxygen atoms in total. The van der Waals surface area contributed by atoms with Gasteiger partial charge in [0.1, 0.15) is 31.4 Å². The van der Waals surface area contributed by atoms with Crippen LogP contribution in [0.2, 0.25) is 0 Å². The van der Waals surface area contributed by atoms with Crippen LogP contribution in [0.1, 0.15) is 18.2 Å². The Morgan fingerprint density at radius 1 is 1.03 bits per heavy atom. The number of pyridine rings is 1. The van der Waals surface area contributed by atoms with Crippen molar-refractivity contribution >= 4 is 50.0 Å². The van der Waals surface area contributed by atoms with Gasteiger partial charge >= 0.3 is 0 Å². The number of hydrogen-bond donors (Lipinski definition) is 0. The number of thiazole rings is 1. The molecule has 0 saturated heterocycles. The van der Waals surface area contributed by atoms with E-state index in [-0.39, 0.29) is 10.5 Å². The summed E-state index contributed by atoms with van der Waals surface area (Å²) in [5.74, 6) is 0. The molecule has 1 aliphatic rings. The molecule has 0 atom stereocenters. The quantitative estimate of drug-likeness (QED) is 0.287. The monoisotopic (exact) mass is 553 g/mol. The van der Waals surface area contributed by atoms with Crippen molar-refractivity contribution < 1.29 is 17.5 Å². The zero-order valence-corrected chi connectivity index (χ0v) is 23.4. The van der Waals surface area contributed by atoms with E-state index in [4.69, 9.17) is 0 Å². The first-order valence-electron chi connectivity index (χ1n) is 11.5. The van der Waals surface area contributed by atoms with E-state index in [9.17, 15) is 17.8 Å². The largest absolute Gasteiger partial charge is 0.744 e. The van der Waals surface area contributed by atoms with Gasteiger partial charge in [-0.2, -0.15) is 0 Å². The summed E-state index contributed by atoms with van der Waals surface area (Å²) < 4.78 is 36.9. The Morgan fingerprint density at radius 3 is 2.32 bits per heavy atom. The first-order valence-corrected chi connectivity index (χ1v) is 14.6. The van der Waals surface area contributed by atoms with Crippen molar-refractivity contribution in [3.63, 3.8) is 0 Å². The average molecular weight is 554 g/mol. The molecule has 0 radical (unpaired) electrons. The van der Waals surface area contributed by atoms with Gasteiger partial charge in [0.15, 0.2) is 6.20 Å². The highest BCUT2D eigenvalue weighted by Gasteiger charge is 2.24. The van der Waals surface area contributed by atoms with Crippen molar-refractivity contribution in [1.29, 1.82) is 0 Å². The van der Waals surface area contributed by atoms with Gasteiger partial charge in [0.25, 0.3) is 5.56 Å². The first kappa shape index (κ1) is 26.9. The molecular weight excluding hydrogens is 527 g/mol. The first-order chi connectivity index (χ1) is 17.6. The van der Waals surface area contributed by atoms with Gasteiger partial charge in [-0.25, -0.2) is 13.0 Å². The number of aromatic nitrogens is 2. The van der Waals surface area contributed by atoms with E-state index < -0.39 is 10.1 Å². The third kappa shape index (κ3) is 5.88. The molecule has 0 fully saturated rings. The zero-order chi connectivity index (χ0) is 26.7. The molecule has 3 heterocycles. The van der Waals surface area contributed by atoms with Crippen LogP contribution in [0, 0.1) is 6.92 Å². The molecule has 0 spiro atoms. The molecule has 2 aromatic carbocycles. The van der Waals surface area contributed by atoms with E-state index in [0.717, 1.165) is 31.2 Å². The normalized spacial score (nSPS) is 14.8. The maximum Gasteiger partial charge on any atom is 0.271 e. The third-order valence-electron chi connectivity index (χ3n) is 5.84. The molecule has 192 valence electrons. The second-order valence-electron chi connectivity index (χ2n) is 8.40. The number of aryl methyl sites for hydroxylation is 2. The van der Waals surface area contributed by atoms with Crippen LogP contribution in [0.3, 0.4) is 0 Å². The van der Waals surface area contributed by atoms with E-state index in [1.807, 2.05) is 63.0 Å². The SMILES string of the molecule is CCn1c(=O)/c(=C2/Sc3ccccc3N2C)s/c1=C\c1cccc[n+]1C.Cc1ccc(S(=O)(=O)[O-])cc1. The molecule has 2 aromatic heterocycles. The van der Waals surface area contributed by atoms with Gasteiger partial charge in [0.2, 0.25) is 5.69 Å². The van der Waals surface area contributed by atoms with E-state index in [0.29, 0.717) is 6.54 Å². The summed E-state index contributed by atoms with van der Waals surface area (Å²) in [7, 11) is -0.223. The van der Waals surface area contributed by atoms with Gasteiger partial charge in [0.05, 0.1) is 10.6 Å². The molecule has 0 unspecified atom stereocenters. The van der Waals surface area contributed by atoms with Crippen molar-refractivity contribution in [3.05, 3.63) is 104 Å². The average Bonchev–Trinajstić information content (AvgIpc) is 3.36. The summed E-state index contributed by atoms with van der Waals surface area (Å²) in [6.45, 7) is 4.50. The smallest absolute Gasteiger partial charge is 0.271 e. The lowest BCUT2D eigenvalue weighted by atomic mass is 10.2. The Hall–Kier alpha value is -3.18. The number of nitrogens with zero attached hydrogens (tertiary/aromatic N) is 3. The van der Waals surface area contributed by atoms with Gasteiger partial charge in [0, 0.05) is 36.7 Å². The molecule has 4 aromatic rings. The van der Waals surface area contributed by atoms with Gasteiger partial charge < -0.3 is 9.45 Å². The number of fused-ring (bicyclic) bond motifs is 1. The van der Waals surface area contributed by atoms with Crippen LogP contribution >= 0.6 is 23.1 Å². The molecule has 1 aliphatic heterocycles. The van der Waals surface area contributed by atoms with Crippen LogP contribution in [0.5, 0.6) is 0 Å². The zero-order valence-electron chi connectivity index (χ0n) is 20.9. The summed E-state index contributed by atoms with van der Waals surface area (Å²) >= 11 is 3.24. The molecular formula is C27H27N3O4S3. The van der Waals surface area contributed by atoms with Crippen LogP contribution in [0.4, 0.5) is 5.69 Å². The molecule has 0 amide bonds. The minimum Gasteiger partial charge on any atom is -0.744 e. The molecule has 0 aliphatic carbocycles. The van der Waals surface area contributed by atoms with Gasteiger partial charge in [-0.05, 0) is 44.2 Å². The van der Waals surface area contributed by atoms with Crippen LogP contribution in [-0.4, -0.2) is 24.6 Å². The predicted molar refractivity (Wildman–Crippen MR) is 148 cm³/mol. The van der Waals surface area contributed by atoms with Crippen molar-refractivity contribution in [3.8, 4) is 0 Å². The lowest BCUT2D eigenvalue weighted by Crippen LogP contribution is -2.34. The van der Waals surface area contributed by atoms with E-state index in [1.165, 1.54) is 17.0 Å². The van der Waals surface area contributed by atoms with E-state index in [2.05, 4.69) is 33.7 Å². The Balaban J connectivity index is 0.000000245. The van der Waals surface area contributed by atoms with Crippen LogP contribution in [0.15, 0.2) is 87.5 Å². The van der Waals surface area contributed by atoms with Crippen molar-refractivity contribution in [1.82, 2.24) is 4.57 Å². The molecule has 0 N–H and O–H groups in total. The molecule has 37 heavy (non-hydrogen) atoms. The highest BCUT2D eigenvalue weighted by Crippen LogP contribution is 2.44. The van der Waals surface area contributed by atoms with Crippen molar-refractivity contribution in [2.45, 2.75) is 30.2 Å². The number of hydrogen-bond acceptors (Lipinski definition) is 7. The fraction of sp³-hybridized carbons (Fsp3) is 0.185. The summed E-state index contributed by atoms with van der Waals surface area (Å²) in [6.07, 6.45) is 4.10. The number of para-hydroxylation sites is 1. The van der Waals surface area contributed by atoms with Crippen LogP contribution in [0.25, 0.3) is 11.1 Å². The lowest BCUT2D eigenvalue weighted by Gasteiger charge is -2.11. The highest BCUT2D eigenvalue weighted by atomic mass is 32.2. The van der Waals surface area contributed by atoms with Gasteiger partial charge in [-0.3, -0.25) is 9.36 Å². The summed E-state index contributed by atoms with van der Waals surface area (Å²) in [6, 6.07) is 20.1. The molecule has 10 heteroatoms. The summed E-state index contributed by atoms with van der Waals surface area (Å²) in [5, 5.41) is 1.01. The van der Waals surface area contributed by atoms with E-state index >= 15 is 0 Å². The lowest BCUT2D eigenvalue weighted by molar-refractivity contribution is -0.673. The number of anilines is 1. The fourth-order valence-corrected chi connectivity index (χ4v) is 6.72. The van der Waals surface area contributed by atoms with E-state index in [1.54, 1.807) is 35.2 Å². The maximum atomic E-state index is 13.1. The number of thioether (sulfide) groups is 1. The molecule has 5 rings (SSSR count). The fourth-order valence-electron chi connectivity index (χ4n) is 3.79. The Bertz CT molecular complexity index is 1720. The van der Waals surface area contributed by atoms with Crippen molar-refractivity contribution in [2.24, 2.45) is 7.05 Å². The highest BCUT2D eigenvalue weighted by molar-refractivity contribution is 8.08. The minimum atomic E-state index is -4.27. The molecule has 0 saturated carbocycles. The Morgan fingerprint density at radius 2 is 1.70 bits per heavy atom. The third-order valence-corrected chi connectivity index (χ3v) is 9.17. The Labute approximate surface area is 224 Å². The van der Waals surface area contributed by atoms with Gasteiger partial charge in [-0.1, -0.05) is 41.6 Å². The number of benzene rings is 2. The predicted octanol–water partition coefficient (Wildman–Crippen LogP) is 2.79. The second kappa shape index (κ2) is 11.1. The standard InChI is InChI=1S/C20H20N3OS2.C7H8O3S/c1-4-23-17(13-14-9-7-8-12-21(14)2)26-18(19(23)24)20-22(3)15-10-5-6-11-16(15)25-20;1-6-2-4-7(5-3-6)11(8,9)10/h5-13H,4H2,1-3H3;2-5H,1H3,(H,8,9,10)/q+1;/p-1/b20-18-;. The summed E-state index contributed by atoms with van der Waals surface area (Å²) in [5.41, 5.74) is 3.24. The molecule has 0 bridgehead atoms. The van der Waals surface area contributed by atoms with Gasteiger partial charge in [-0.15, -0.1) is 11.3 Å². The van der Waals surface area contributed by atoms with Crippen molar-refractivity contribution in [2.75, 3.05) is 11.9 Å². The second-order valence-corrected chi connectivity index (χ2v) is 11.8. The topological polar surface area (TPSA) is 86.3 Å². The number of rotatable bonds is 3. The Kier molecular flexibility index (Phi) is 8.03. The van der Waals surface area contributed by atoms with Crippen LogP contribution in [-0.2, 0) is 23.7 Å². The van der Waals surface area contributed by atoms with Crippen LogP contribution < -0.4 is 24.2 Å².